The summed E-state index contributed by atoms with van der Waals surface area (Å²) in [5.41, 5.74) is 0. The summed E-state index contributed by atoms with van der Waals surface area (Å²) in [5, 5.41) is 8.55. The molecule has 0 rings (SSSR count). The van der Waals surface area contributed by atoms with Crippen molar-refractivity contribution in [2.75, 3.05) is 132 Å². The summed E-state index contributed by atoms with van der Waals surface area (Å²) in [6.07, 6.45) is 1.30. The van der Waals surface area contributed by atoms with E-state index in [1.807, 2.05) is 0 Å². The molecule has 0 aromatic heterocycles. The van der Waals surface area contributed by atoms with Gasteiger partial charge in [0, 0.05) is 0 Å². The van der Waals surface area contributed by atoms with E-state index in [2.05, 4.69) is 13.8 Å². The summed E-state index contributed by atoms with van der Waals surface area (Å²) < 4.78 is 53.9. The van der Waals surface area contributed by atoms with Gasteiger partial charge in [-0.3, -0.25) is 0 Å². The van der Waals surface area contributed by atoms with Gasteiger partial charge in [-0.05, 0) is 13.3 Å². The second kappa shape index (κ2) is 31.6. The van der Waals surface area contributed by atoms with Crippen LogP contribution in [0.25, 0.3) is 0 Å². The normalized spacial score (nSPS) is 12.4. The number of hydrogen-bond acceptors (Lipinski definition) is 11. The van der Waals surface area contributed by atoms with Crippen molar-refractivity contribution >= 4 is 0 Å². The molecular weight excluding hydrogens is 464 g/mol. The van der Waals surface area contributed by atoms with E-state index in [4.69, 9.17) is 52.5 Å². The number of rotatable bonds is 31. The van der Waals surface area contributed by atoms with Gasteiger partial charge in [-0.15, -0.1) is 0 Å². The molecule has 35 heavy (non-hydrogen) atoms. The minimum atomic E-state index is 0.0298. The van der Waals surface area contributed by atoms with Gasteiger partial charge in [0.05, 0.1) is 138 Å². The van der Waals surface area contributed by atoms with Crippen molar-refractivity contribution in [3.05, 3.63) is 0 Å². The molecule has 212 valence electrons. The molecule has 0 saturated heterocycles. The van der Waals surface area contributed by atoms with Crippen molar-refractivity contribution in [2.24, 2.45) is 0 Å². The second-order valence-corrected chi connectivity index (χ2v) is 7.32. The third kappa shape index (κ3) is 31.5. The Labute approximate surface area is 211 Å². The Morgan fingerprint density at radius 1 is 0.400 bits per heavy atom. The Bertz CT molecular complexity index is 377. The lowest BCUT2D eigenvalue weighted by Gasteiger charge is -2.11. The highest BCUT2D eigenvalue weighted by Crippen LogP contribution is 1.94. The zero-order valence-electron chi connectivity index (χ0n) is 22.0. The number of hydrogen-bond donors (Lipinski definition) is 1. The summed E-state index contributed by atoms with van der Waals surface area (Å²) in [6.45, 7) is 14.1. The minimum Gasteiger partial charge on any atom is -0.394 e. The molecule has 11 nitrogen and oxygen atoms in total. The molecule has 0 aliphatic heterocycles. The number of aliphatic hydroxyl groups is 1. The first-order chi connectivity index (χ1) is 17.3. The van der Waals surface area contributed by atoms with Gasteiger partial charge in [0.1, 0.15) is 0 Å². The van der Waals surface area contributed by atoms with Gasteiger partial charge in [0.15, 0.2) is 0 Å². The Balaban J connectivity index is 3.02. The molecular formula is C24H50O11. The molecule has 0 aliphatic rings. The van der Waals surface area contributed by atoms with Gasteiger partial charge in [0.2, 0.25) is 0 Å². The van der Waals surface area contributed by atoms with E-state index in [9.17, 15) is 0 Å². The highest BCUT2D eigenvalue weighted by molar-refractivity contribution is 4.44. The molecule has 0 saturated carbocycles. The first-order valence-electron chi connectivity index (χ1n) is 12.7. The fourth-order valence-corrected chi connectivity index (χ4v) is 2.35. The first kappa shape index (κ1) is 34.6. The average Bonchev–Trinajstić information content (AvgIpc) is 2.87. The molecule has 0 amide bonds. The van der Waals surface area contributed by atoms with Crippen molar-refractivity contribution in [1.29, 1.82) is 0 Å². The van der Waals surface area contributed by atoms with Crippen LogP contribution in [0, 0.1) is 0 Å². The SMILES string of the molecule is CCC(C)OCCOCCOCCOCCOCCOCCOCCOCCOCCOCCO. The summed E-state index contributed by atoms with van der Waals surface area (Å²) in [5.74, 6) is 0. The molecule has 1 N–H and O–H groups in total. The molecule has 0 bridgehead atoms. The Hall–Kier alpha value is -0.440. The maximum absolute atomic E-state index is 8.55. The van der Waals surface area contributed by atoms with Gasteiger partial charge in [-0.1, -0.05) is 6.92 Å². The lowest BCUT2D eigenvalue weighted by Crippen LogP contribution is -2.16. The van der Waals surface area contributed by atoms with Crippen molar-refractivity contribution < 1.29 is 52.5 Å². The van der Waals surface area contributed by atoms with Crippen LogP contribution in [-0.4, -0.2) is 143 Å². The Kier molecular flexibility index (Phi) is 31.2. The summed E-state index contributed by atoms with van der Waals surface area (Å²) in [4.78, 5) is 0. The van der Waals surface area contributed by atoms with Crippen molar-refractivity contribution in [3.8, 4) is 0 Å². The van der Waals surface area contributed by atoms with Crippen molar-refractivity contribution in [2.45, 2.75) is 26.4 Å². The first-order valence-corrected chi connectivity index (χ1v) is 12.7. The minimum absolute atomic E-state index is 0.0298. The lowest BCUT2D eigenvalue weighted by atomic mass is 10.3. The molecule has 0 spiro atoms. The monoisotopic (exact) mass is 514 g/mol. The zero-order chi connectivity index (χ0) is 25.5. The van der Waals surface area contributed by atoms with Gasteiger partial charge < -0.3 is 52.5 Å². The quantitative estimate of drug-likeness (QED) is 0.133. The molecule has 0 radical (unpaired) electrons. The predicted octanol–water partition coefficient (Wildman–Crippen LogP) is 0.943. The second-order valence-electron chi connectivity index (χ2n) is 7.32. The lowest BCUT2D eigenvalue weighted by molar-refractivity contribution is -0.0289. The van der Waals surface area contributed by atoms with Crippen LogP contribution < -0.4 is 0 Å². The fourth-order valence-electron chi connectivity index (χ4n) is 2.35. The van der Waals surface area contributed by atoms with Crippen LogP contribution in [-0.2, 0) is 47.4 Å². The number of ether oxygens (including phenoxy) is 10. The van der Waals surface area contributed by atoms with Crippen molar-refractivity contribution in [1.82, 2.24) is 0 Å². The Morgan fingerprint density at radius 2 is 0.629 bits per heavy atom. The van der Waals surface area contributed by atoms with Gasteiger partial charge in [0.25, 0.3) is 0 Å². The van der Waals surface area contributed by atoms with Crippen LogP contribution >= 0.6 is 0 Å². The number of aliphatic hydroxyl groups excluding tert-OH is 1. The molecule has 0 aromatic carbocycles. The van der Waals surface area contributed by atoms with Gasteiger partial charge in [-0.2, -0.15) is 0 Å². The third-order valence-corrected chi connectivity index (χ3v) is 4.42. The average molecular weight is 515 g/mol. The third-order valence-electron chi connectivity index (χ3n) is 4.42. The molecule has 11 heteroatoms. The smallest absolute Gasteiger partial charge is 0.0704 e. The van der Waals surface area contributed by atoms with Crippen LogP contribution in [0.15, 0.2) is 0 Å². The molecule has 0 fully saturated rings. The predicted molar refractivity (Wildman–Crippen MR) is 130 cm³/mol. The van der Waals surface area contributed by atoms with Gasteiger partial charge in [-0.25, -0.2) is 0 Å². The van der Waals surface area contributed by atoms with E-state index >= 15 is 0 Å². The van der Waals surface area contributed by atoms with Crippen LogP contribution in [0.1, 0.15) is 20.3 Å². The maximum atomic E-state index is 8.55. The van der Waals surface area contributed by atoms with E-state index in [0.29, 0.717) is 126 Å². The van der Waals surface area contributed by atoms with E-state index in [1.165, 1.54) is 0 Å². The van der Waals surface area contributed by atoms with E-state index in [-0.39, 0.29) is 12.7 Å². The fraction of sp³-hybridized carbons (Fsp3) is 1.00. The van der Waals surface area contributed by atoms with Crippen LogP contribution in [0.4, 0.5) is 0 Å². The van der Waals surface area contributed by atoms with E-state index in [1.54, 1.807) is 0 Å². The standard InChI is InChI=1S/C24H50O11/c1-3-24(2)35-23-22-34-21-20-33-19-18-32-17-16-31-15-14-30-13-12-29-11-10-28-9-8-27-7-6-26-5-4-25/h24-25H,3-23H2,1-2H3. The highest BCUT2D eigenvalue weighted by atomic mass is 16.6. The topological polar surface area (TPSA) is 113 Å². The maximum Gasteiger partial charge on any atom is 0.0704 e. The van der Waals surface area contributed by atoms with E-state index in [0.717, 1.165) is 6.42 Å². The zero-order valence-corrected chi connectivity index (χ0v) is 22.0. The molecule has 0 aromatic rings. The van der Waals surface area contributed by atoms with Gasteiger partial charge >= 0.3 is 0 Å². The summed E-state index contributed by atoms with van der Waals surface area (Å²) in [7, 11) is 0. The molecule has 1 unspecified atom stereocenters. The molecule has 0 aliphatic carbocycles. The Morgan fingerprint density at radius 3 is 0.857 bits per heavy atom. The molecule has 0 heterocycles. The summed E-state index contributed by atoms with van der Waals surface area (Å²) in [6, 6.07) is 0. The van der Waals surface area contributed by atoms with Crippen LogP contribution in [0.5, 0.6) is 0 Å². The van der Waals surface area contributed by atoms with Crippen LogP contribution in [0.2, 0.25) is 0 Å². The van der Waals surface area contributed by atoms with E-state index < -0.39 is 0 Å². The highest BCUT2D eigenvalue weighted by Gasteiger charge is 1.98. The largest absolute Gasteiger partial charge is 0.394 e. The molecule has 1 atom stereocenters. The van der Waals surface area contributed by atoms with Crippen molar-refractivity contribution in [3.63, 3.8) is 0 Å². The van der Waals surface area contributed by atoms with Crippen LogP contribution in [0.3, 0.4) is 0 Å². The summed E-state index contributed by atoms with van der Waals surface area (Å²) >= 11 is 0.